The fourth-order valence-electron chi connectivity index (χ4n) is 2.89. The van der Waals surface area contributed by atoms with Crippen molar-refractivity contribution in [2.45, 2.75) is 32.6 Å². The molecule has 4 heteroatoms. The van der Waals surface area contributed by atoms with E-state index in [9.17, 15) is 0 Å². The van der Waals surface area contributed by atoms with Crippen LogP contribution < -0.4 is 5.32 Å². The Kier molecular flexibility index (Phi) is 3.34. The van der Waals surface area contributed by atoms with Gasteiger partial charge in [0.1, 0.15) is 12.2 Å². The molecule has 0 bridgehead atoms. The number of nitrogens with one attached hydrogen (secondary N) is 1. The van der Waals surface area contributed by atoms with Crippen molar-refractivity contribution < 1.29 is 0 Å². The second-order valence-electron chi connectivity index (χ2n) is 5.43. The molecule has 0 aliphatic carbocycles. The molecule has 1 aromatic carbocycles. The van der Waals surface area contributed by atoms with Gasteiger partial charge in [0.25, 0.3) is 0 Å². The topological polar surface area (TPSA) is 42.7 Å². The van der Waals surface area contributed by atoms with Gasteiger partial charge in [-0.1, -0.05) is 6.07 Å². The van der Waals surface area contributed by atoms with E-state index in [1.807, 2.05) is 6.33 Å². The lowest BCUT2D eigenvalue weighted by Crippen LogP contribution is -2.28. The van der Waals surface area contributed by atoms with Crippen LogP contribution in [0.5, 0.6) is 0 Å². The maximum atomic E-state index is 4.36. The monoisotopic (exact) mass is 256 g/mol. The van der Waals surface area contributed by atoms with Crippen LogP contribution in [0.15, 0.2) is 24.5 Å². The van der Waals surface area contributed by atoms with E-state index in [2.05, 4.69) is 52.1 Å². The van der Waals surface area contributed by atoms with E-state index in [0.717, 1.165) is 31.8 Å². The number of piperidine rings is 1. The van der Waals surface area contributed by atoms with Crippen LogP contribution in [0.3, 0.4) is 0 Å². The molecule has 0 saturated carbocycles. The van der Waals surface area contributed by atoms with E-state index in [1.54, 1.807) is 0 Å². The molecule has 4 nitrogen and oxygen atoms in total. The summed E-state index contributed by atoms with van der Waals surface area (Å²) in [5, 5.41) is 11.9. The Morgan fingerprint density at radius 1 is 1.11 bits per heavy atom. The lowest BCUT2D eigenvalue weighted by molar-refractivity contribution is 0.440. The molecule has 19 heavy (non-hydrogen) atoms. The van der Waals surface area contributed by atoms with Gasteiger partial charge in [-0.3, -0.25) is 4.57 Å². The second-order valence-corrected chi connectivity index (χ2v) is 5.43. The molecule has 100 valence electrons. The summed E-state index contributed by atoms with van der Waals surface area (Å²) in [6, 6.07) is 6.58. The van der Waals surface area contributed by atoms with Crippen LogP contribution in [-0.4, -0.2) is 27.9 Å². The summed E-state index contributed by atoms with van der Waals surface area (Å²) in [6.45, 7) is 6.41. The zero-order valence-corrected chi connectivity index (χ0v) is 11.6. The van der Waals surface area contributed by atoms with Crippen molar-refractivity contribution in [1.29, 1.82) is 0 Å². The number of rotatable bonds is 2. The van der Waals surface area contributed by atoms with E-state index in [4.69, 9.17) is 0 Å². The maximum absolute atomic E-state index is 4.36. The average Bonchev–Trinajstić information content (AvgIpc) is 2.88. The third-order valence-electron chi connectivity index (χ3n) is 3.76. The average molecular weight is 256 g/mol. The van der Waals surface area contributed by atoms with Crippen molar-refractivity contribution in [3.8, 4) is 5.69 Å². The van der Waals surface area contributed by atoms with E-state index in [1.165, 1.54) is 16.8 Å². The van der Waals surface area contributed by atoms with Gasteiger partial charge in [0.15, 0.2) is 0 Å². The van der Waals surface area contributed by atoms with Gasteiger partial charge < -0.3 is 5.32 Å². The number of aromatic nitrogens is 3. The number of nitrogens with zero attached hydrogens (tertiary/aromatic N) is 3. The van der Waals surface area contributed by atoms with Crippen molar-refractivity contribution in [1.82, 2.24) is 20.1 Å². The van der Waals surface area contributed by atoms with Crippen LogP contribution >= 0.6 is 0 Å². The van der Waals surface area contributed by atoms with Gasteiger partial charge in [0.2, 0.25) is 0 Å². The first-order valence-corrected chi connectivity index (χ1v) is 6.93. The molecule has 2 aromatic rings. The van der Waals surface area contributed by atoms with Crippen molar-refractivity contribution >= 4 is 0 Å². The van der Waals surface area contributed by atoms with Crippen LogP contribution in [0.25, 0.3) is 5.69 Å². The Morgan fingerprint density at radius 2 is 1.79 bits per heavy atom. The lowest BCUT2D eigenvalue weighted by atomic mass is 9.97. The zero-order valence-electron chi connectivity index (χ0n) is 11.6. The van der Waals surface area contributed by atoms with Gasteiger partial charge >= 0.3 is 0 Å². The molecular formula is C15H20N4. The summed E-state index contributed by atoms with van der Waals surface area (Å²) in [5.41, 5.74) is 3.73. The van der Waals surface area contributed by atoms with Crippen LogP contribution in [0.2, 0.25) is 0 Å². The number of aryl methyl sites for hydroxylation is 2. The fourth-order valence-corrected chi connectivity index (χ4v) is 2.89. The van der Waals surface area contributed by atoms with Gasteiger partial charge in [0.05, 0.1) is 0 Å². The Morgan fingerprint density at radius 3 is 2.47 bits per heavy atom. The lowest BCUT2D eigenvalue weighted by Gasteiger charge is -2.22. The SMILES string of the molecule is Cc1cc(C)cc(-n2cnnc2C2CCNCC2)c1. The van der Waals surface area contributed by atoms with Gasteiger partial charge in [-0.15, -0.1) is 10.2 Å². The summed E-state index contributed by atoms with van der Waals surface area (Å²) >= 11 is 0. The third-order valence-corrected chi connectivity index (χ3v) is 3.76. The van der Waals surface area contributed by atoms with Gasteiger partial charge in [-0.25, -0.2) is 0 Å². The van der Waals surface area contributed by atoms with E-state index in [0.29, 0.717) is 5.92 Å². The largest absolute Gasteiger partial charge is 0.317 e. The standard InChI is InChI=1S/C15H20N4/c1-11-7-12(2)9-14(8-11)19-10-17-18-15(19)13-3-5-16-6-4-13/h7-10,13,16H,3-6H2,1-2H3. The Bertz CT molecular complexity index is 547. The highest BCUT2D eigenvalue weighted by Gasteiger charge is 2.21. The van der Waals surface area contributed by atoms with Crippen molar-refractivity contribution in [3.63, 3.8) is 0 Å². The minimum atomic E-state index is 0.518. The highest BCUT2D eigenvalue weighted by atomic mass is 15.3. The van der Waals surface area contributed by atoms with Crippen molar-refractivity contribution in [2.75, 3.05) is 13.1 Å². The molecule has 0 spiro atoms. The highest BCUT2D eigenvalue weighted by molar-refractivity contribution is 5.40. The van der Waals surface area contributed by atoms with Crippen molar-refractivity contribution in [3.05, 3.63) is 41.5 Å². The maximum Gasteiger partial charge on any atom is 0.140 e. The predicted molar refractivity (Wildman–Crippen MR) is 75.7 cm³/mol. The second kappa shape index (κ2) is 5.13. The predicted octanol–water partition coefficient (Wildman–Crippen LogP) is 2.35. The Labute approximate surface area is 113 Å². The molecule has 1 aliphatic heterocycles. The van der Waals surface area contributed by atoms with E-state index >= 15 is 0 Å². The molecular weight excluding hydrogens is 236 g/mol. The molecule has 1 fully saturated rings. The number of benzene rings is 1. The van der Waals surface area contributed by atoms with Gasteiger partial charge in [-0.2, -0.15) is 0 Å². The third kappa shape index (κ3) is 2.54. The molecule has 2 heterocycles. The molecule has 0 radical (unpaired) electrons. The molecule has 0 amide bonds. The molecule has 1 aliphatic rings. The smallest absolute Gasteiger partial charge is 0.140 e. The first kappa shape index (κ1) is 12.4. The zero-order chi connectivity index (χ0) is 13.2. The van der Waals surface area contributed by atoms with Crippen LogP contribution in [0.4, 0.5) is 0 Å². The number of hydrogen-bond acceptors (Lipinski definition) is 3. The molecule has 3 rings (SSSR count). The van der Waals surface area contributed by atoms with Crippen molar-refractivity contribution in [2.24, 2.45) is 0 Å². The summed E-state index contributed by atoms with van der Waals surface area (Å²) in [5.74, 6) is 1.62. The Hall–Kier alpha value is -1.68. The summed E-state index contributed by atoms with van der Waals surface area (Å²) < 4.78 is 2.15. The van der Waals surface area contributed by atoms with Crippen LogP contribution in [0, 0.1) is 13.8 Å². The molecule has 0 atom stereocenters. The van der Waals surface area contributed by atoms with E-state index < -0.39 is 0 Å². The minimum absolute atomic E-state index is 0.518. The summed E-state index contributed by atoms with van der Waals surface area (Å²) in [6.07, 6.45) is 4.12. The molecule has 1 aromatic heterocycles. The van der Waals surface area contributed by atoms with Gasteiger partial charge in [0, 0.05) is 11.6 Å². The van der Waals surface area contributed by atoms with Gasteiger partial charge in [-0.05, 0) is 63.0 Å². The highest BCUT2D eigenvalue weighted by Crippen LogP contribution is 2.26. The van der Waals surface area contributed by atoms with Crippen LogP contribution in [0.1, 0.15) is 35.7 Å². The molecule has 1 saturated heterocycles. The van der Waals surface area contributed by atoms with Crippen LogP contribution in [-0.2, 0) is 0 Å². The molecule has 1 N–H and O–H groups in total. The first-order chi connectivity index (χ1) is 9.24. The fraction of sp³-hybridized carbons (Fsp3) is 0.467. The Balaban J connectivity index is 1.98. The minimum Gasteiger partial charge on any atom is -0.317 e. The summed E-state index contributed by atoms with van der Waals surface area (Å²) in [7, 11) is 0. The normalized spacial score (nSPS) is 16.7. The first-order valence-electron chi connectivity index (χ1n) is 6.93. The molecule has 0 unspecified atom stereocenters. The quantitative estimate of drug-likeness (QED) is 0.897. The number of hydrogen-bond donors (Lipinski definition) is 1. The van der Waals surface area contributed by atoms with E-state index in [-0.39, 0.29) is 0 Å². The summed E-state index contributed by atoms with van der Waals surface area (Å²) in [4.78, 5) is 0.